The smallest absolute Gasteiger partial charge is 0.150 e. The first kappa shape index (κ1) is 15.9. The van der Waals surface area contributed by atoms with Crippen molar-refractivity contribution in [3.8, 4) is 0 Å². The van der Waals surface area contributed by atoms with Crippen LogP contribution in [0.3, 0.4) is 0 Å². The minimum absolute atomic E-state index is 0.0434. The SMILES string of the molecule is CCC(CC)(CN)OC1CCCC(S(C)(=O)=O)C1. The van der Waals surface area contributed by atoms with Crippen molar-refractivity contribution in [3.63, 3.8) is 0 Å². The molecule has 0 aromatic heterocycles. The van der Waals surface area contributed by atoms with Gasteiger partial charge in [0.15, 0.2) is 0 Å². The predicted octanol–water partition coefficient (Wildman–Crippen LogP) is 1.88. The number of rotatable bonds is 6. The number of hydrogen-bond donors (Lipinski definition) is 1. The maximum atomic E-state index is 11.6. The molecule has 1 aliphatic rings. The van der Waals surface area contributed by atoms with Gasteiger partial charge in [0.25, 0.3) is 0 Å². The minimum atomic E-state index is -2.95. The van der Waals surface area contributed by atoms with Gasteiger partial charge < -0.3 is 10.5 Å². The monoisotopic (exact) mass is 277 g/mol. The first-order valence-electron chi connectivity index (χ1n) is 6.93. The molecule has 2 N–H and O–H groups in total. The zero-order valence-corrected chi connectivity index (χ0v) is 12.6. The van der Waals surface area contributed by atoms with Crippen molar-refractivity contribution in [3.05, 3.63) is 0 Å². The highest BCUT2D eigenvalue weighted by molar-refractivity contribution is 7.91. The lowest BCUT2D eigenvalue weighted by Gasteiger charge is -2.38. The topological polar surface area (TPSA) is 69.4 Å². The molecule has 4 nitrogen and oxygen atoms in total. The average molecular weight is 277 g/mol. The molecule has 108 valence electrons. The maximum Gasteiger partial charge on any atom is 0.150 e. The normalized spacial score (nSPS) is 26.2. The molecule has 1 fully saturated rings. The maximum absolute atomic E-state index is 11.6. The summed E-state index contributed by atoms with van der Waals surface area (Å²) in [5.41, 5.74) is 5.55. The second kappa shape index (κ2) is 6.35. The molecule has 18 heavy (non-hydrogen) atoms. The molecule has 0 saturated heterocycles. The van der Waals surface area contributed by atoms with Gasteiger partial charge in [-0.1, -0.05) is 13.8 Å². The van der Waals surface area contributed by atoms with Crippen molar-refractivity contribution in [2.24, 2.45) is 5.73 Å². The fraction of sp³-hybridized carbons (Fsp3) is 1.00. The Morgan fingerprint density at radius 3 is 2.33 bits per heavy atom. The van der Waals surface area contributed by atoms with Gasteiger partial charge in [-0.3, -0.25) is 0 Å². The third kappa shape index (κ3) is 3.93. The van der Waals surface area contributed by atoms with Crippen LogP contribution in [0.4, 0.5) is 0 Å². The molecule has 1 aliphatic carbocycles. The summed E-state index contributed by atoms with van der Waals surface area (Å²) in [6.45, 7) is 4.65. The lowest BCUT2D eigenvalue weighted by atomic mass is 9.93. The molecule has 0 amide bonds. The number of sulfone groups is 1. The van der Waals surface area contributed by atoms with Crippen LogP contribution in [0, 0.1) is 0 Å². The highest BCUT2D eigenvalue weighted by atomic mass is 32.2. The van der Waals surface area contributed by atoms with Gasteiger partial charge in [-0.25, -0.2) is 8.42 Å². The zero-order chi connectivity index (χ0) is 13.8. The van der Waals surface area contributed by atoms with E-state index in [-0.39, 0.29) is 17.0 Å². The van der Waals surface area contributed by atoms with Crippen molar-refractivity contribution in [2.75, 3.05) is 12.8 Å². The highest BCUT2D eigenvalue weighted by Crippen LogP contribution is 2.31. The van der Waals surface area contributed by atoms with Crippen LogP contribution in [-0.2, 0) is 14.6 Å². The van der Waals surface area contributed by atoms with E-state index in [9.17, 15) is 8.42 Å². The fourth-order valence-corrected chi connectivity index (χ4v) is 3.86. The molecule has 1 rings (SSSR count). The summed E-state index contributed by atoms with van der Waals surface area (Å²) < 4.78 is 29.4. The van der Waals surface area contributed by atoms with Gasteiger partial charge in [0.2, 0.25) is 0 Å². The van der Waals surface area contributed by atoms with Gasteiger partial charge in [0, 0.05) is 12.8 Å². The second-order valence-electron chi connectivity index (χ2n) is 5.45. The van der Waals surface area contributed by atoms with Gasteiger partial charge in [-0.15, -0.1) is 0 Å². The Labute approximate surface area is 111 Å². The van der Waals surface area contributed by atoms with Gasteiger partial charge in [0.1, 0.15) is 9.84 Å². The van der Waals surface area contributed by atoms with Crippen molar-refractivity contribution in [2.45, 2.75) is 69.3 Å². The third-order valence-electron chi connectivity index (χ3n) is 4.26. The highest BCUT2D eigenvalue weighted by Gasteiger charge is 2.34. The van der Waals surface area contributed by atoms with Crippen LogP contribution >= 0.6 is 0 Å². The first-order valence-corrected chi connectivity index (χ1v) is 8.89. The molecule has 1 saturated carbocycles. The van der Waals surface area contributed by atoms with Crippen LogP contribution in [0.15, 0.2) is 0 Å². The molecule has 2 unspecified atom stereocenters. The van der Waals surface area contributed by atoms with E-state index in [4.69, 9.17) is 10.5 Å². The summed E-state index contributed by atoms with van der Waals surface area (Å²) in [6, 6.07) is 0. The Balaban J connectivity index is 2.67. The first-order chi connectivity index (χ1) is 8.37. The Morgan fingerprint density at radius 2 is 1.89 bits per heavy atom. The van der Waals surface area contributed by atoms with Crippen molar-refractivity contribution < 1.29 is 13.2 Å². The van der Waals surface area contributed by atoms with Crippen LogP contribution in [0.2, 0.25) is 0 Å². The standard InChI is InChI=1S/C13H27NO3S/c1-4-13(5-2,10-14)17-11-7-6-8-12(9-11)18(3,15)16/h11-12H,4-10,14H2,1-3H3. The van der Waals surface area contributed by atoms with Crippen molar-refractivity contribution >= 4 is 9.84 Å². The minimum Gasteiger partial charge on any atom is -0.370 e. The van der Waals surface area contributed by atoms with E-state index in [0.717, 1.165) is 32.1 Å². The summed E-state index contributed by atoms with van der Waals surface area (Å²) in [4.78, 5) is 0. The van der Waals surface area contributed by atoms with E-state index in [1.165, 1.54) is 6.26 Å². The summed E-state index contributed by atoms with van der Waals surface area (Å²) in [7, 11) is -2.95. The van der Waals surface area contributed by atoms with Gasteiger partial charge in [0.05, 0.1) is 17.0 Å². The van der Waals surface area contributed by atoms with E-state index in [1.54, 1.807) is 0 Å². The molecule has 0 aliphatic heterocycles. The molecule has 0 aromatic carbocycles. The summed E-state index contributed by atoms with van der Waals surface area (Å²) in [5, 5.41) is -0.236. The van der Waals surface area contributed by atoms with E-state index >= 15 is 0 Å². The van der Waals surface area contributed by atoms with Crippen LogP contribution in [0.5, 0.6) is 0 Å². The Bertz CT molecular complexity index is 341. The predicted molar refractivity (Wildman–Crippen MR) is 74.3 cm³/mol. The molecule has 0 bridgehead atoms. The van der Waals surface area contributed by atoms with E-state index in [0.29, 0.717) is 13.0 Å². The number of nitrogens with two attached hydrogens (primary N) is 1. The Kier molecular flexibility index (Phi) is 5.62. The molecular formula is C13H27NO3S. The van der Waals surface area contributed by atoms with E-state index in [1.807, 2.05) is 0 Å². The van der Waals surface area contributed by atoms with Crippen LogP contribution < -0.4 is 5.73 Å². The second-order valence-corrected chi connectivity index (χ2v) is 7.78. The van der Waals surface area contributed by atoms with E-state index in [2.05, 4.69) is 13.8 Å². The summed E-state index contributed by atoms with van der Waals surface area (Å²) in [6.07, 6.45) is 6.40. The molecule has 0 aromatic rings. The molecule has 0 radical (unpaired) electrons. The largest absolute Gasteiger partial charge is 0.370 e. The van der Waals surface area contributed by atoms with Crippen molar-refractivity contribution in [1.82, 2.24) is 0 Å². The van der Waals surface area contributed by atoms with Crippen LogP contribution in [0.1, 0.15) is 52.4 Å². The molecule has 2 atom stereocenters. The fourth-order valence-electron chi connectivity index (χ4n) is 2.71. The van der Waals surface area contributed by atoms with Gasteiger partial charge >= 0.3 is 0 Å². The molecule has 5 heteroatoms. The van der Waals surface area contributed by atoms with Crippen LogP contribution in [0.25, 0.3) is 0 Å². The third-order valence-corrected chi connectivity index (χ3v) is 5.90. The quantitative estimate of drug-likeness (QED) is 0.805. The number of hydrogen-bond acceptors (Lipinski definition) is 4. The average Bonchev–Trinajstić information content (AvgIpc) is 2.35. The molecule has 0 heterocycles. The zero-order valence-electron chi connectivity index (χ0n) is 11.8. The lowest BCUT2D eigenvalue weighted by Crippen LogP contribution is -2.45. The lowest BCUT2D eigenvalue weighted by molar-refractivity contribution is -0.104. The van der Waals surface area contributed by atoms with Crippen molar-refractivity contribution in [1.29, 1.82) is 0 Å². The summed E-state index contributed by atoms with van der Waals surface area (Å²) >= 11 is 0. The van der Waals surface area contributed by atoms with Gasteiger partial charge in [-0.2, -0.15) is 0 Å². The number of ether oxygens (including phenoxy) is 1. The van der Waals surface area contributed by atoms with Crippen LogP contribution in [-0.4, -0.2) is 38.2 Å². The molecular weight excluding hydrogens is 250 g/mol. The summed E-state index contributed by atoms with van der Waals surface area (Å²) in [5.74, 6) is 0. The Morgan fingerprint density at radius 1 is 1.28 bits per heavy atom. The van der Waals surface area contributed by atoms with E-state index < -0.39 is 9.84 Å². The molecule has 0 spiro atoms. The Hall–Kier alpha value is -0.130. The van der Waals surface area contributed by atoms with Gasteiger partial charge in [-0.05, 0) is 38.5 Å².